The normalized spacial score (nSPS) is 10.3. The van der Waals surface area contributed by atoms with Gasteiger partial charge in [0.15, 0.2) is 0 Å². The first kappa shape index (κ1) is 14.9. The second-order valence-corrected chi connectivity index (χ2v) is 4.38. The summed E-state index contributed by atoms with van der Waals surface area (Å²) in [4.78, 5) is 0. The van der Waals surface area contributed by atoms with Gasteiger partial charge in [-0.05, 0) is 24.3 Å². The topological polar surface area (TPSA) is 69.9 Å². The summed E-state index contributed by atoms with van der Waals surface area (Å²) in [5.74, 6) is -0.239. The molecule has 0 heterocycles. The van der Waals surface area contributed by atoms with Gasteiger partial charge in [-0.2, -0.15) is 0 Å². The van der Waals surface area contributed by atoms with Gasteiger partial charge in [-0.25, -0.2) is 0 Å². The number of para-hydroxylation sites is 1. The van der Waals surface area contributed by atoms with Crippen LogP contribution in [0.1, 0.15) is 13.8 Å². The van der Waals surface area contributed by atoms with Crippen molar-refractivity contribution in [1.29, 1.82) is 0 Å². The Morgan fingerprint density at radius 2 is 1.37 bits per heavy atom. The van der Waals surface area contributed by atoms with Crippen LogP contribution in [0.3, 0.4) is 0 Å². The van der Waals surface area contributed by atoms with Crippen LogP contribution in [0.2, 0.25) is 0 Å². The molecule has 2 rings (SSSR count). The van der Waals surface area contributed by atoms with Gasteiger partial charge in [0.2, 0.25) is 5.79 Å². The van der Waals surface area contributed by atoms with E-state index >= 15 is 0 Å². The Balaban J connectivity index is 0.000000200. The monoisotopic (exact) mass is 262 g/mol. The lowest BCUT2D eigenvalue weighted by atomic mass is 10.3. The molecule has 4 nitrogen and oxygen atoms in total. The van der Waals surface area contributed by atoms with Gasteiger partial charge in [-0.15, -0.1) is 0 Å². The standard InChI is InChI=1S/C9H12O2.C6H6O2/c1-9(2,10)11-8-6-4-3-5-7-8;7-5-2-1-3-6(8)4-5/h3-7,10H,1-2H3;1-4,7-8H. The van der Waals surface area contributed by atoms with Crippen molar-refractivity contribution in [2.75, 3.05) is 0 Å². The summed E-state index contributed by atoms with van der Waals surface area (Å²) in [5.41, 5.74) is 0. The van der Waals surface area contributed by atoms with Gasteiger partial charge >= 0.3 is 0 Å². The molecule has 0 radical (unpaired) electrons. The number of phenolic OH excluding ortho intramolecular Hbond substituents is 2. The maximum Gasteiger partial charge on any atom is 0.202 e. The van der Waals surface area contributed by atoms with Crippen LogP contribution in [0.25, 0.3) is 0 Å². The van der Waals surface area contributed by atoms with E-state index in [9.17, 15) is 5.11 Å². The SMILES string of the molecule is CC(C)(O)Oc1ccccc1.Oc1cccc(O)c1. The third kappa shape index (κ3) is 6.95. The van der Waals surface area contributed by atoms with Crippen molar-refractivity contribution >= 4 is 0 Å². The zero-order valence-electron chi connectivity index (χ0n) is 10.9. The molecule has 102 valence electrons. The van der Waals surface area contributed by atoms with Crippen LogP contribution in [-0.4, -0.2) is 21.1 Å². The molecule has 4 heteroatoms. The van der Waals surface area contributed by atoms with Crippen LogP contribution < -0.4 is 4.74 Å². The fourth-order valence-corrected chi connectivity index (χ4v) is 1.27. The van der Waals surface area contributed by atoms with E-state index < -0.39 is 5.79 Å². The van der Waals surface area contributed by atoms with Crippen molar-refractivity contribution < 1.29 is 20.1 Å². The van der Waals surface area contributed by atoms with E-state index in [-0.39, 0.29) is 11.5 Å². The van der Waals surface area contributed by atoms with Gasteiger partial charge in [0.1, 0.15) is 17.2 Å². The average Bonchev–Trinajstić information content (AvgIpc) is 2.28. The fourth-order valence-electron chi connectivity index (χ4n) is 1.27. The highest BCUT2D eigenvalue weighted by molar-refractivity contribution is 5.30. The van der Waals surface area contributed by atoms with Gasteiger partial charge in [-0.1, -0.05) is 24.3 Å². The molecular formula is C15H18O4. The number of aliphatic hydroxyl groups is 1. The summed E-state index contributed by atoms with van der Waals surface area (Å²) in [7, 11) is 0. The number of hydrogen-bond acceptors (Lipinski definition) is 4. The largest absolute Gasteiger partial charge is 0.508 e. The number of aromatic hydroxyl groups is 2. The minimum atomic E-state index is -1.10. The number of hydrogen-bond donors (Lipinski definition) is 3. The molecule has 3 N–H and O–H groups in total. The predicted octanol–water partition coefficient (Wildman–Crippen LogP) is 2.89. The molecule has 0 saturated carbocycles. The maximum absolute atomic E-state index is 9.25. The molecular weight excluding hydrogens is 244 g/mol. The number of rotatable bonds is 2. The summed E-state index contributed by atoms with van der Waals surface area (Å²) >= 11 is 0. The van der Waals surface area contributed by atoms with E-state index in [1.165, 1.54) is 18.2 Å². The summed E-state index contributed by atoms with van der Waals surface area (Å²) in [6.07, 6.45) is 0. The maximum atomic E-state index is 9.25. The first-order valence-electron chi connectivity index (χ1n) is 5.81. The summed E-state index contributed by atoms with van der Waals surface area (Å²) < 4.78 is 5.16. The Hall–Kier alpha value is -2.20. The summed E-state index contributed by atoms with van der Waals surface area (Å²) in [6, 6.07) is 15.1. The lowest BCUT2D eigenvalue weighted by Crippen LogP contribution is -2.26. The van der Waals surface area contributed by atoms with Crippen molar-refractivity contribution in [2.24, 2.45) is 0 Å². The zero-order chi connectivity index (χ0) is 14.3. The van der Waals surface area contributed by atoms with E-state index in [1.54, 1.807) is 32.0 Å². The van der Waals surface area contributed by atoms with Gasteiger partial charge in [-0.3, -0.25) is 0 Å². The van der Waals surface area contributed by atoms with Crippen LogP contribution in [0.15, 0.2) is 54.6 Å². The zero-order valence-corrected chi connectivity index (χ0v) is 10.9. The molecule has 2 aromatic rings. The lowest BCUT2D eigenvalue weighted by molar-refractivity contribution is -0.104. The minimum absolute atomic E-state index is 0.0880. The molecule has 0 spiro atoms. The molecule has 19 heavy (non-hydrogen) atoms. The quantitative estimate of drug-likeness (QED) is 0.728. The highest BCUT2D eigenvalue weighted by atomic mass is 16.6. The first-order valence-corrected chi connectivity index (χ1v) is 5.81. The van der Waals surface area contributed by atoms with Crippen LogP contribution in [0, 0.1) is 0 Å². The summed E-state index contributed by atoms with van der Waals surface area (Å²) in [5, 5.41) is 26.6. The van der Waals surface area contributed by atoms with E-state index in [0.717, 1.165) is 0 Å². The van der Waals surface area contributed by atoms with E-state index in [4.69, 9.17) is 14.9 Å². The average molecular weight is 262 g/mol. The van der Waals surface area contributed by atoms with Crippen LogP contribution in [0.4, 0.5) is 0 Å². The Bertz CT molecular complexity index is 472. The van der Waals surface area contributed by atoms with E-state index in [1.807, 2.05) is 18.2 Å². The smallest absolute Gasteiger partial charge is 0.202 e. The van der Waals surface area contributed by atoms with Crippen molar-refractivity contribution in [2.45, 2.75) is 19.6 Å². The molecule has 0 aliphatic heterocycles. The second-order valence-electron chi connectivity index (χ2n) is 4.38. The van der Waals surface area contributed by atoms with Crippen molar-refractivity contribution in [1.82, 2.24) is 0 Å². The molecule has 0 atom stereocenters. The highest BCUT2D eigenvalue weighted by Crippen LogP contribution is 2.15. The third-order valence-electron chi connectivity index (χ3n) is 1.94. The van der Waals surface area contributed by atoms with Gasteiger partial charge in [0.05, 0.1) is 0 Å². The second kappa shape index (κ2) is 6.66. The minimum Gasteiger partial charge on any atom is -0.508 e. The number of benzene rings is 2. The predicted molar refractivity (Wildman–Crippen MR) is 73.1 cm³/mol. The Morgan fingerprint density at radius 1 is 0.842 bits per heavy atom. The number of phenols is 2. The van der Waals surface area contributed by atoms with Crippen LogP contribution in [0.5, 0.6) is 17.2 Å². The lowest BCUT2D eigenvalue weighted by Gasteiger charge is -2.19. The molecule has 0 bridgehead atoms. The Labute approximate surface area is 112 Å². The molecule has 0 aromatic heterocycles. The van der Waals surface area contributed by atoms with E-state index in [0.29, 0.717) is 5.75 Å². The molecule has 0 aliphatic carbocycles. The first-order chi connectivity index (χ1) is 8.87. The Kier molecular flexibility index (Phi) is 5.21. The summed E-state index contributed by atoms with van der Waals surface area (Å²) in [6.45, 7) is 3.19. The Morgan fingerprint density at radius 3 is 1.74 bits per heavy atom. The molecule has 0 fully saturated rings. The van der Waals surface area contributed by atoms with Crippen LogP contribution in [-0.2, 0) is 0 Å². The van der Waals surface area contributed by atoms with Gasteiger partial charge < -0.3 is 20.1 Å². The van der Waals surface area contributed by atoms with Gasteiger partial charge in [0, 0.05) is 19.9 Å². The fraction of sp³-hybridized carbons (Fsp3) is 0.200. The molecule has 0 amide bonds. The molecule has 2 aromatic carbocycles. The van der Waals surface area contributed by atoms with Crippen molar-refractivity contribution in [3.05, 3.63) is 54.6 Å². The third-order valence-corrected chi connectivity index (χ3v) is 1.94. The molecule has 0 saturated heterocycles. The molecule has 0 aliphatic rings. The number of ether oxygens (including phenoxy) is 1. The van der Waals surface area contributed by atoms with Crippen molar-refractivity contribution in [3.8, 4) is 17.2 Å². The van der Waals surface area contributed by atoms with Gasteiger partial charge in [0.25, 0.3) is 0 Å². The van der Waals surface area contributed by atoms with Crippen LogP contribution >= 0.6 is 0 Å². The van der Waals surface area contributed by atoms with Crippen molar-refractivity contribution in [3.63, 3.8) is 0 Å². The molecule has 0 unspecified atom stereocenters. The highest BCUT2D eigenvalue weighted by Gasteiger charge is 2.12. The van der Waals surface area contributed by atoms with E-state index in [2.05, 4.69) is 0 Å².